The lowest BCUT2D eigenvalue weighted by Crippen LogP contribution is -2.40. The summed E-state index contributed by atoms with van der Waals surface area (Å²) in [4.78, 5) is 0. The van der Waals surface area contributed by atoms with E-state index < -0.39 is 0 Å². The highest BCUT2D eigenvalue weighted by atomic mass is 16.5. The van der Waals surface area contributed by atoms with Crippen molar-refractivity contribution in [1.29, 1.82) is 0 Å². The fraction of sp³-hybridized carbons (Fsp3) is 1.00. The van der Waals surface area contributed by atoms with E-state index in [9.17, 15) is 0 Å². The maximum Gasteiger partial charge on any atom is 0.0685 e. The molecule has 3 nitrogen and oxygen atoms in total. The summed E-state index contributed by atoms with van der Waals surface area (Å²) >= 11 is 0. The van der Waals surface area contributed by atoms with Gasteiger partial charge in [-0.15, -0.1) is 0 Å². The number of nitrogens with one attached hydrogen (secondary N) is 1. The Bertz CT molecular complexity index is 202. The Morgan fingerprint density at radius 3 is 2.94 bits per heavy atom. The van der Waals surface area contributed by atoms with E-state index in [0.717, 1.165) is 32.2 Å². The van der Waals surface area contributed by atoms with Crippen LogP contribution in [0.15, 0.2) is 0 Å². The van der Waals surface area contributed by atoms with Crippen molar-refractivity contribution in [3.05, 3.63) is 0 Å². The van der Waals surface area contributed by atoms with Crippen molar-refractivity contribution in [2.45, 2.75) is 44.1 Å². The van der Waals surface area contributed by atoms with Crippen molar-refractivity contribution in [2.24, 2.45) is 5.92 Å². The van der Waals surface area contributed by atoms with Gasteiger partial charge in [0.15, 0.2) is 0 Å². The number of ether oxygens (including phenoxy) is 2. The van der Waals surface area contributed by atoms with Gasteiger partial charge in [0.1, 0.15) is 0 Å². The SMILES string of the molecule is COCCNCC1CCOC2(CCCC2)C1. The first-order valence-electron chi connectivity index (χ1n) is 6.68. The minimum absolute atomic E-state index is 0.270. The van der Waals surface area contributed by atoms with E-state index in [4.69, 9.17) is 9.47 Å². The molecule has 2 rings (SSSR count). The predicted octanol–water partition coefficient (Wildman–Crippen LogP) is 1.96. The van der Waals surface area contributed by atoms with Crippen molar-refractivity contribution in [2.75, 3.05) is 33.4 Å². The summed E-state index contributed by atoms with van der Waals surface area (Å²) in [6.07, 6.45) is 7.81. The molecule has 2 aliphatic rings. The monoisotopic (exact) mass is 227 g/mol. The highest BCUT2D eigenvalue weighted by Gasteiger charge is 2.39. The number of hydrogen-bond acceptors (Lipinski definition) is 3. The van der Waals surface area contributed by atoms with Crippen LogP contribution in [0.2, 0.25) is 0 Å². The molecular weight excluding hydrogens is 202 g/mol. The van der Waals surface area contributed by atoms with Gasteiger partial charge < -0.3 is 14.8 Å². The van der Waals surface area contributed by atoms with Gasteiger partial charge in [-0.3, -0.25) is 0 Å². The Hall–Kier alpha value is -0.120. The molecule has 0 radical (unpaired) electrons. The number of rotatable bonds is 5. The van der Waals surface area contributed by atoms with Gasteiger partial charge in [0, 0.05) is 20.3 Å². The van der Waals surface area contributed by atoms with E-state index in [1.54, 1.807) is 7.11 Å². The summed E-state index contributed by atoms with van der Waals surface area (Å²) in [7, 11) is 1.75. The second-order valence-electron chi connectivity index (χ2n) is 5.29. The third-order valence-corrected chi connectivity index (χ3v) is 4.03. The molecule has 3 heteroatoms. The minimum atomic E-state index is 0.270. The Balaban J connectivity index is 1.70. The largest absolute Gasteiger partial charge is 0.383 e. The van der Waals surface area contributed by atoms with Crippen molar-refractivity contribution in [3.8, 4) is 0 Å². The van der Waals surface area contributed by atoms with Crippen LogP contribution in [0.5, 0.6) is 0 Å². The van der Waals surface area contributed by atoms with Crippen LogP contribution >= 0.6 is 0 Å². The standard InChI is InChI=1S/C13H25NO2/c1-15-9-7-14-11-12-4-8-16-13(10-12)5-2-3-6-13/h12,14H,2-11H2,1H3. The van der Waals surface area contributed by atoms with Gasteiger partial charge in [0.25, 0.3) is 0 Å². The maximum absolute atomic E-state index is 6.03. The van der Waals surface area contributed by atoms with E-state index in [1.165, 1.54) is 38.5 Å². The summed E-state index contributed by atoms with van der Waals surface area (Å²) in [6.45, 7) is 3.89. The molecule has 1 spiro atoms. The molecule has 0 aromatic carbocycles. The molecule has 16 heavy (non-hydrogen) atoms. The molecule has 1 saturated heterocycles. The van der Waals surface area contributed by atoms with Gasteiger partial charge in [0.05, 0.1) is 12.2 Å². The summed E-state index contributed by atoms with van der Waals surface area (Å²) in [6, 6.07) is 0. The molecule has 1 aliphatic carbocycles. The van der Waals surface area contributed by atoms with Gasteiger partial charge in [-0.1, -0.05) is 12.8 Å². The highest BCUT2D eigenvalue weighted by molar-refractivity contribution is 4.91. The first-order chi connectivity index (χ1) is 7.85. The van der Waals surface area contributed by atoms with Gasteiger partial charge in [-0.25, -0.2) is 0 Å². The molecule has 1 heterocycles. The fourth-order valence-electron chi connectivity index (χ4n) is 3.15. The second kappa shape index (κ2) is 5.99. The van der Waals surface area contributed by atoms with Gasteiger partial charge in [-0.05, 0) is 38.1 Å². The van der Waals surface area contributed by atoms with Crippen LogP contribution in [0, 0.1) is 5.92 Å². The Labute approximate surface area is 98.9 Å². The molecule has 94 valence electrons. The average molecular weight is 227 g/mol. The van der Waals surface area contributed by atoms with Crippen LogP contribution in [-0.2, 0) is 9.47 Å². The van der Waals surface area contributed by atoms with Crippen LogP contribution in [-0.4, -0.2) is 39.0 Å². The zero-order valence-corrected chi connectivity index (χ0v) is 10.5. The summed E-state index contributed by atoms with van der Waals surface area (Å²) < 4.78 is 11.1. The van der Waals surface area contributed by atoms with E-state index in [1.807, 2.05) is 0 Å². The van der Waals surface area contributed by atoms with Crippen LogP contribution in [0.1, 0.15) is 38.5 Å². The van der Waals surface area contributed by atoms with E-state index in [2.05, 4.69) is 5.32 Å². The van der Waals surface area contributed by atoms with Gasteiger partial charge in [0.2, 0.25) is 0 Å². The highest BCUT2D eigenvalue weighted by Crippen LogP contribution is 2.41. The van der Waals surface area contributed by atoms with Gasteiger partial charge >= 0.3 is 0 Å². The van der Waals surface area contributed by atoms with E-state index in [-0.39, 0.29) is 5.60 Å². The average Bonchev–Trinajstić information content (AvgIpc) is 2.73. The van der Waals surface area contributed by atoms with Crippen molar-refractivity contribution in [1.82, 2.24) is 5.32 Å². The van der Waals surface area contributed by atoms with Crippen LogP contribution < -0.4 is 5.32 Å². The normalized spacial score (nSPS) is 28.7. The fourth-order valence-corrected chi connectivity index (χ4v) is 3.15. The Morgan fingerprint density at radius 2 is 2.19 bits per heavy atom. The molecule has 1 saturated carbocycles. The first kappa shape index (κ1) is 12.3. The van der Waals surface area contributed by atoms with Crippen LogP contribution in [0.4, 0.5) is 0 Å². The summed E-state index contributed by atoms with van der Waals surface area (Å²) in [5.74, 6) is 0.809. The topological polar surface area (TPSA) is 30.5 Å². The molecule has 0 aromatic heterocycles. The molecule has 0 bridgehead atoms. The van der Waals surface area contributed by atoms with Crippen molar-refractivity contribution < 1.29 is 9.47 Å². The Morgan fingerprint density at radius 1 is 1.38 bits per heavy atom. The molecule has 1 aliphatic heterocycles. The molecule has 0 aromatic rings. The van der Waals surface area contributed by atoms with Crippen LogP contribution in [0.3, 0.4) is 0 Å². The number of hydrogen-bond donors (Lipinski definition) is 1. The lowest BCUT2D eigenvalue weighted by molar-refractivity contribution is -0.0921. The lowest BCUT2D eigenvalue weighted by Gasteiger charge is -2.38. The molecular formula is C13H25NO2. The van der Waals surface area contributed by atoms with Gasteiger partial charge in [-0.2, -0.15) is 0 Å². The third-order valence-electron chi connectivity index (χ3n) is 4.03. The second-order valence-corrected chi connectivity index (χ2v) is 5.29. The van der Waals surface area contributed by atoms with Crippen molar-refractivity contribution in [3.63, 3.8) is 0 Å². The molecule has 0 amide bonds. The maximum atomic E-state index is 6.03. The zero-order chi connectivity index (χ0) is 11.3. The third kappa shape index (κ3) is 3.19. The Kier molecular flexibility index (Phi) is 4.62. The minimum Gasteiger partial charge on any atom is -0.383 e. The molecule has 1 atom stereocenters. The molecule has 1 N–H and O–H groups in total. The summed E-state index contributed by atoms with van der Waals surface area (Å²) in [5, 5.41) is 3.48. The zero-order valence-electron chi connectivity index (χ0n) is 10.5. The van der Waals surface area contributed by atoms with E-state index in [0.29, 0.717) is 0 Å². The lowest BCUT2D eigenvalue weighted by atomic mass is 9.84. The van der Waals surface area contributed by atoms with E-state index >= 15 is 0 Å². The smallest absolute Gasteiger partial charge is 0.0685 e. The predicted molar refractivity (Wildman–Crippen MR) is 64.6 cm³/mol. The van der Waals surface area contributed by atoms with Crippen molar-refractivity contribution >= 4 is 0 Å². The number of methoxy groups -OCH3 is 1. The summed E-state index contributed by atoms with van der Waals surface area (Å²) in [5.41, 5.74) is 0.270. The quantitative estimate of drug-likeness (QED) is 0.728. The molecule has 2 fully saturated rings. The van der Waals surface area contributed by atoms with Crippen LogP contribution in [0.25, 0.3) is 0 Å². The first-order valence-corrected chi connectivity index (χ1v) is 6.68. The molecule has 1 unspecified atom stereocenters.